The van der Waals surface area contributed by atoms with Crippen molar-refractivity contribution in [3.8, 4) is 6.07 Å². The van der Waals surface area contributed by atoms with Gasteiger partial charge in [0.25, 0.3) is 0 Å². The predicted molar refractivity (Wildman–Crippen MR) is 100 cm³/mol. The molecule has 130 valence electrons. The van der Waals surface area contributed by atoms with Crippen LogP contribution in [0.3, 0.4) is 0 Å². The molecule has 7 heteroatoms. The van der Waals surface area contributed by atoms with Gasteiger partial charge in [-0.05, 0) is 11.6 Å². The number of nitrogens with one attached hydrogen (secondary N) is 1. The topological polar surface area (TPSA) is 61.1 Å². The van der Waals surface area contributed by atoms with Crippen LogP contribution in [0.25, 0.3) is 10.9 Å². The highest BCUT2D eigenvalue weighted by Gasteiger charge is 2.25. The molecule has 1 aromatic carbocycles. The molecule has 0 aliphatic carbocycles. The van der Waals surface area contributed by atoms with E-state index >= 15 is 0 Å². The fourth-order valence-corrected chi connectivity index (χ4v) is 3.25. The van der Waals surface area contributed by atoms with Gasteiger partial charge in [-0.2, -0.15) is 5.26 Å². The Labute approximate surface area is 154 Å². The Bertz CT molecular complexity index is 732. The van der Waals surface area contributed by atoms with Crippen LogP contribution in [-0.2, 0) is 0 Å². The summed E-state index contributed by atoms with van der Waals surface area (Å²) < 4.78 is 1.69. The predicted octanol–water partition coefficient (Wildman–Crippen LogP) is 3.00. The number of hydrogen-bond acceptors (Lipinski definition) is 4. The van der Waals surface area contributed by atoms with Gasteiger partial charge in [-0.1, -0.05) is 18.2 Å². The quantitative estimate of drug-likeness (QED) is 0.904. The maximum atomic E-state index is 11.9. The van der Waals surface area contributed by atoms with Crippen LogP contribution < -0.4 is 5.32 Å². The number of halogens is 2. The molecule has 1 fully saturated rings. The average molecular weight is 369 g/mol. The first-order valence-corrected chi connectivity index (χ1v) is 7.65. The van der Waals surface area contributed by atoms with Gasteiger partial charge in [0.15, 0.2) is 0 Å². The summed E-state index contributed by atoms with van der Waals surface area (Å²) in [5, 5.41) is 13.7. The lowest BCUT2D eigenvalue weighted by molar-refractivity contribution is 0.0941. The SMILES string of the molecule is CC(=O)n1cc([C@@H](CC#N)N2CCNCC2)c2ccccc21.Cl.Cl. The number of aromatic nitrogens is 1. The van der Waals surface area contributed by atoms with E-state index in [1.165, 1.54) is 0 Å². The molecule has 2 aromatic rings. The van der Waals surface area contributed by atoms with Crippen LogP contribution in [0, 0.1) is 11.3 Å². The van der Waals surface area contributed by atoms with E-state index in [1.54, 1.807) is 11.5 Å². The number of hydrogen-bond donors (Lipinski definition) is 1. The normalized spacial score (nSPS) is 15.8. The minimum absolute atomic E-state index is 0. The lowest BCUT2D eigenvalue weighted by Crippen LogP contribution is -2.45. The van der Waals surface area contributed by atoms with E-state index in [1.807, 2.05) is 30.5 Å². The lowest BCUT2D eigenvalue weighted by Gasteiger charge is -2.33. The fraction of sp³-hybridized carbons (Fsp3) is 0.412. The summed E-state index contributed by atoms with van der Waals surface area (Å²) in [5.41, 5.74) is 2.00. The van der Waals surface area contributed by atoms with E-state index < -0.39 is 0 Å². The number of carbonyl (C=O) groups excluding carboxylic acids is 1. The first-order valence-electron chi connectivity index (χ1n) is 7.65. The van der Waals surface area contributed by atoms with Gasteiger partial charge in [0, 0.05) is 50.7 Å². The number of para-hydroxylation sites is 1. The van der Waals surface area contributed by atoms with Crippen LogP contribution in [0.2, 0.25) is 0 Å². The van der Waals surface area contributed by atoms with Gasteiger partial charge in [0.2, 0.25) is 5.91 Å². The molecule has 1 N–H and O–H groups in total. The third-order valence-electron chi connectivity index (χ3n) is 4.32. The summed E-state index contributed by atoms with van der Waals surface area (Å²) in [4.78, 5) is 14.2. The molecule has 5 nitrogen and oxygen atoms in total. The van der Waals surface area contributed by atoms with Crippen molar-refractivity contribution in [2.24, 2.45) is 0 Å². The van der Waals surface area contributed by atoms with Crippen LogP contribution in [0.15, 0.2) is 30.5 Å². The van der Waals surface area contributed by atoms with Gasteiger partial charge in [0.1, 0.15) is 0 Å². The molecule has 1 aromatic heterocycles. The highest BCUT2D eigenvalue weighted by molar-refractivity contribution is 5.93. The molecule has 2 heterocycles. The molecule has 0 amide bonds. The number of nitriles is 1. The Kier molecular flexibility index (Phi) is 7.71. The Morgan fingerprint density at radius 1 is 1.29 bits per heavy atom. The van der Waals surface area contributed by atoms with E-state index in [-0.39, 0.29) is 36.8 Å². The summed E-state index contributed by atoms with van der Waals surface area (Å²) >= 11 is 0. The van der Waals surface area contributed by atoms with E-state index in [4.69, 9.17) is 0 Å². The zero-order valence-electron chi connectivity index (χ0n) is 13.6. The second-order valence-corrected chi connectivity index (χ2v) is 5.65. The van der Waals surface area contributed by atoms with E-state index in [0.29, 0.717) is 6.42 Å². The molecule has 1 aliphatic rings. The van der Waals surface area contributed by atoms with Crippen molar-refractivity contribution >= 4 is 41.6 Å². The molecular weight excluding hydrogens is 347 g/mol. The summed E-state index contributed by atoms with van der Waals surface area (Å²) in [6.45, 7) is 5.29. The lowest BCUT2D eigenvalue weighted by atomic mass is 10.0. The van der Waals surface area contributed by atoms with Crippen molar-refractivity contribution < 1.29 is 4.79 Å². The van der Waals surface area contributed by atoms with Crippen LogP contribution in [0.1, 0.15) is 29.7 Å². The summed E-state index contributed by atoms with van der Waals surface area (Å²) in [7, 11) is 0. The van der Waals surface area contributed by atoms with Crippen LogP contribution in [0.4, 0.5) is 0 Å². The molecule has 24 heavy (non-hydrogen) atoms. The van der Waals surface area contributed by atoms with Crippen molar-refractivity contribution in [2.45, 2.75) is 19.4 Å². The van der Waals surface area contributed by atoms with Crippen molar-refractivity contribution in [3.63, 3.8) is 0 Å². The summed E-state index contributed by atoms with van der Waals surface area (Å²) in [6, 6.07) is 10.3. The largest absolute Gasteiger partial charge is 0.314 e. The van der Waals surface area contributed by atoms with Crippen molar-refractivity contribution in [2.75, 3.05) is 26.2 Å². The number of rotatable bonds is 3. The zero-order valence-corrected chi connectivity index (χ0v) is 15.2. The highest BCUT2D eigenvalue weighted by atomic mass is 35.5. The maximum Gasteiger partial charge on any atom is 0.227 e. The molecule has 1 aliphatic heterocycles. The van der Waals surface area contributed by atoms with Gasteiger partial charge >= 0.3 is 0 Å². The number of nitrogens with zero attached hydrogens (tertiary/aromatic N) is 3. The van der Waals surface area contributed by atoms with Gasteiger partial charge in [-0.15, -0.1) is 24.8 Å². The van der Waals surface area contributed by atoms with Gasteiger partial charge in [-0.3, -0.25) is 14.3 Å². The number of carbonyl (C=O) groups is 1. The van der Waals surface area contributed by atoms with E-state index in [9.17, 15) is 10.1 Å². The molecule has 0 spiro atoms. The van der Waals surface area contributed by atoms with Crippen LogP contribution in [-0.4, -0.2) is 41.6 Å². The maximum absolute atomic E-state index is 11.9. The highest BCUT2D eigenvalue weighted by Crippen LogP contribution is 2.32. The fourth-order valence-electron chi connectivity index (χ4n) is 3.25. The number of piperazine rings is 1. The molecule has 0 saturated carbocycles. The summed E-state index contributed by atoms with van der Waals surface area (Å²) in [6.07, 6.45) is 2.35. The minimum atomic E-state index is -0.00142. The van der Waals surface area contributed by atoms with Gasteiger partial charge in [0.05, 0.1) is 18.0 Å². The second kappa shape index (κ2) is 9.05. The standard InChI is InChI=1S/C17H20N4O.2ClH/c1-13(22)21-12-15(14-4-2-3-5-17(14)21)16(6-7-18)20-10-8-19-9-11-20;;/h2-5,12,16,19H,6,8-11H2,1H3;2*1H/t16-;;/m1../s1. The van der Waals surface area contributed by atoms with Crippen molar-refractivity contribution in [1.29, 1.82) is 5.26 Å². The van der Waals surface area contributed by atoms with Gasteiger partial charge in [-0.25, -0.2) is 0 Å². The molecule has 0 radical (unpaired) electrons. The van der Waals surface area contributed by atoms with Gasteiger partial charge < -0.3 is 5.32 Å². The molecule has 1 atom stereocenters. The zero-order chi connectivity index (χ0) is 15.5. The first-order chi connectivity index (χ1) is 10.7. The monoisotopic (exact) mass is 368 g/mol. The Balaban J connectivity index is 0.00000144. The molecule has 1 saturated heterocycles. The van der Waals surface area contributed by atoms with Crippen molar-refractivity contribution in [3.05, 3.63) is 36.0 Å². The van der Waals surface area contributed by atoms with Crippen molar-refractivity contribution in [1.82, 2.24) is 14.8 Å². The number of benzene rings is 1. The molecule has 0 unspecified atom stereocenters. The second-order valence-electron chi connectivity index (χ2n) is 5.65. The average Bonchev–Trinajstić information content (AvgIpc) is 2.93. The minimum Gasteiger partial charge on any atom is -0.314 e. The first kappa shape index (κ1) is 20.5. The van der Waals surface area contributed by atoms with E-state index in [0.717, 1.165) is 42.6 Å². The van der Waals surface area contributed by atoms with Crippen LogP contribution in [0.5, 0.6) is 0 Å². The molecule has 0 bridgehead atoms. The Morgan fingerprint density at radius 2 is 1.96 bits per heavy atom. The van der Waals surface area contributed by atoms with E-state index in [2.05, 4.69) is 16.3 Å². The molecular formula is C17H22Cl2N4O. The summed E-state index contributed by atoms with van der Waals surface area (Å²) in [5.74, 6) is -0.00142. The molecule has 3 rings (SSSR count). The Morgan fingerprint density at radius 3 is 2.58 bits per heavy atom. The third-order valence-corrected chi connectivity index (χ3v) is 4.32. The van der Waals surface area contributed by atoms with Crippen LogP contribution >= 0.6 is 24.8 Å². The third kappa shape index (κ3) is 3.90. The Hall–Kier alpha value is -1.58. The smallest absolute Gasteiger partial charge is 0.227 e. The number of fused-ring (bicyclic) bond motifs is 1.